The minimum absolute atomic E-state index is 0.0522. The second-order valence-corrected chi connectivity index (χ2v) is 12.3. The largest absolute Gasteiger partial charge is 0.480 e. The SMILES string of the molecule is CCCCCCCCC/C=C\CCCCCCCCCC(=O)OC(CCC)CCCCCC(=O)NC(CCCN)C(=O)O. The number of carboxylic acids is 1. The number of carboxylic acid groups (broad SMARTS) is 1. The van der Waals surface area contributed by atoms with E-state index < -0.39 is 12.0 Å². The summed E-state index contributed by atoms with van der Waals surface area (Å²) in [4.78, 5) is 35.7. The maximum atomic E-state index is 12.4. The van der Waals surface area contributed by atoms with E-state index in [-0.39, 0.29) is 18.0 Å². The third-order valence-corrected chi connectivity index (χ3v) is 8.06. The quantitative estimate of drug-likeness (QED) is 0.0398. The molecular formula is C36H68N2O5. The molecule has 7 nitrogen and oxygen atoms in total. The van der Waals surface area contributed by atoms with Gasteiger partial charge < -0.3 is 20.9 Å². The lowest BCUT2D eigenvalue weighted by atomic mass is 10.0. The Morgan fingerprint density at radius 3 is 1.74 bits per heavy atom. The summed E-state index contributed by atoms with van der Waals surface area (Å²) in [6.07, 6.45) is 31.9. The highest BCUT2D eigenvalue weighted by Gasteiger charge is 2.19. The number of carbonyl (C=O) groups is 3. The van der Waals surface area contributed by atoms with Gasteiger partial charge in [0.25, 0.3) is 0 Å². The van der Waals surface area contributed by atoms with Crippen molar-refractivity contribution < 1.29 is 24.2 Å². The second kappa shape index (κ2) is 31.5. The summed E-state index contributed by atoms with van der Waals surface area (Å²) in [6, 6.07) is -0.869. The fraction of sp³-hybridized carbons (Fsp3) is 0.861. The molecule has 4 N–H and O–H groups in total. The van der Waals surface area contributed by atoms with E-state index in [0.717, 1.165) is 44.9 Å². The molecule has 43 heavy (non-hydrogen) atoms. The van der Waals surface area contributed by atoms with E-state index in [2.05, 4.69) is 31.3 Å². The number of aliphatic carboxylic acids is 1. The van der Waals surface area contributed by atoms with Crippen LogP contribution in [0.15, 0.2) is 12.2 Å². The molecule has 0 rings (SSSR count). The summed E-state index contributed by atoms with van der Waals surface area (Å²) >= 11 is 0. The van der Waals surface area contributed by atoms with Crippen molar-refractivity contribution in [1.82, 2.24) is 5.32 Å². The highest BCUT2D eigenvalue weighted by atomic mass is 16.5. The number of unbranched alkanes of at least 4 members (excludes halogenated alkanes) is 16. The van der Waals surface area contributed by atoms with Crippen molar-refractivity contribution in [2.24, 2.45) is 5.73 Å². The first-order valence-corrected chi connectivity index (χ1v) is 18.0. The van der Waals surface area contributed by atoms with Crippen LogP contribution in [0.4, 0.5) is 0 Å². The molecule has 7 heteroatoms. The third kappa shape index (κ3) is 28.6. The zero-order valence-electron chi connectivity index (χ0n) is 28.1. The second-order valence-electron chi connectivity index (χ2n) is 12.3. The fourth-order valence-electron chi connectivity index (χ4n) is 5.38. The Labute approximate surface area is 264 Å². The van der Waals surface area contributed by atoms with Gasteiger partial charge in [0, 0.05) is 12.8 Å². The van der Waals surface area contributed by atoms with Gasteiger partial charge in [-0.2, -0.15) is 0 Å². The van der Waals surface area contributed by atoms with Crippen LogP contribution < -0.4 is 11.1 Å². The van der Waals surface area contributed by atoms with Gasteiger partial charge >= 0.3 is 11.9 Å². The molecular weight excluding hydrogens is 540 g/mol. The maximum absolute atomic E-state index is 12.4. The number of ether oxygens (including phenoxy) is 1. The molecule has 2 atom stereocenters. The number of hydrogen-bond donors (Lipinski definition) is 3. The Kier molecular flexibility index (Phi) is 30.1. The smallest absolute Gasteiger partial charge is 0.326 e. The molecule has 0 radical (unpaired) electrons. The zero-order valence-corrected chi connectivity index (χ0v) is 28.1. The fourth-order valence-corrected chi connectivity index (χ4v) is 5.38. The lowest BCUT2D eigenvalue weighted by molar-refractivity contribution is -0.150. The first-order valence-electron chi connectivity index (χ1n) is 18.0. The Morgan fingerprint density at radius 2 is 1.19 bits per heavy atom. The molecule has 252 valence electrons. The number of amides is 1. The lowest BCUT2D eigenvalue weighted by Crippen LogP contribution is -2.40. The van der Waals surface area contributed by atoms with E-state index in [4.69, 9.17) is 10.5 Å². The number of nitrogens with two attached hydrogens (primary N) is 1. The molecule has 0 bridgehead atoms. The molecule has 0 heterocycles. The molecule has 0 aromatic rings. The summed E-state index contributed by atoms with van der Waals surface area (Å²) in [6.45, 7) is 4.77. The zero-order chi connectivity index (χ0) is 31.8. The van der Waals surface area contributed by atoms with Crippen LogP contribution in [-0.4, -0.2) is 41.6 Å². The van der Waals surface area contributed by atoms with E-state index in [1.165, 1.54) is 89.9 Å². The normalized spacial score (nSPS) is 12.8. The van der Waals surface area contributed by atoms with Crippen molar-refractivity contribution in [3.8, 4) is 0 Å². The molecule has 1 amide bonds. The van der Waals surface area contributed by atoms with E-state index in [0.29, 0.717) is 38.6 Å². The molecule has 2 unspecified atom stereocenters. The maximum Gasteiger partial charge on any atom is 0.326 e. The molecule has 0 aromatic heterocycles. The van der Waals surface area contributed by atoms with Gasteiger partial charge in [-0.15, -0.1) is 0 Å². The van der Waals surface area contributed by atoms with Crippen molar-refractivity contribution in [3.05, 3.63) is 12.2 Å². The molecule has 0 saturated carbocycles. The molecule has 0 aliphatic heterocycles. The van der Waals surface area contributed by atoms with Crippen LogP contribution in [-0.2, 0) is 19.1 Å². The number of rotatable bonds is 32. The van der Waals surface area contributed by atoms with Gasteiger partial charge in [-0.25, -0.2) is 4.79 Å². The average Bonchev–Trinajstić information content (AvgIpc) is 2.98. The first kappa shape index (κ1) is 41.1. The Bertz CT molecular complexity index is 697. The lowest BCUT2D eigenvalue weighted by Gasteiger charge is -2.17. The molecule has 0 spiro atoms. The van der Waals surface area contributed by atoms with Crippen molar-refractivity contribution in [2.45, 2.75) is 193 Å². The molecule has 0 fully saturated rings. The van der Waals surface area contributed by atoms with Crippen LogP contribution in [0.2, 0.25) is 0 Å². The van der Waals surface area contributed by atoms with E-state index >= 15 is 0 Å². The summed E-state index contributed by atoms with van der Waals surface area (Å²) in [7, 11) is 0. The van der Waals surface area contributed by atoms with Gasteiger partial charge in [-0.05, 0) is 77.2 Å². The predicted octanol–water partition coefficient (Wildman–Crippen LogP) is 9.16. The molecule has 0 aliphatic rings. The van der Waals surface area contributed by atoms with Gasteiger partial charge in [0.2, 0.25) is 5.91 Å². The minimum Gasteiger partial charge on any atom is -0.480 e. The average molecular weight is 609 g/mol. The van der Waals surface area contributed by atoms with E-state index in [1.54, 1.807) is 0 Å². The van der Waals surface area contributed by atoms with Crippen molar-refractivity contribution in [3.63, 3.8) is 0 Å². The van der Waals surface area contributed by atoms with E-state index in [9.17, 15) is 19.5 Å². The summed E-state index contributed by atoms with van der Waals surface area (Å²) < 4.78 is 5.77. The first-order chi connectivity index (χ1) is 20.9. The number of allylic oxidation sites excluding steroid dienone is 2. The Morgan fingerprint density at radius 1 is 0.651 bits per heavy atom. The van der Waals surface area contributed by atoms with Gasteiger partial charge in [-0.3, -0.25) is 9.59 Å². The standard InChI is InChI=1S/C36H68N2O5/c1-3-5-6-7-8-9-10-11-12-13-14-15-16-17-18-19-20-24-30-35(40)43-32(26-4-2)27-22-21-23-29-34(39)38-33(36(41)42)28-25-31-37/h12-13,32-33H,3-11,14-31,37H2,1-2H3,(H,38,39)(H,41,42)/b13-12-. The highest BCUT2D eigenvalue weighted by molar-refractivity contribution is 5.83. The molecule has 0 aliphatic carbocycles. The van der Waals surface area contributed by atoms with Crippen LogP contribution in [0.25, 0.3) is 0 Å². The number of esters is 1. The topological polar surface area (TPSA) is 119 Å². The van der Waals surface area contributed by atoms with Gasteiger partial charge in [-0.1, -0.05) is 109 Å². The third-order valence-electron chi connectivity index (χ3n) is 8.06. The van der Waals surface area contributed by atoms with Crippen LogP contribution >= 0.6 is 0 Å². The van der Waals surface area contributed by atoms with Crippen molar-refractivity contribution in [1.29, 1.82) is 0 Å². The van der Waals surface area contributed by atoms with Crippen LogP contribution in [0.1, 0.15) is 181 Å². The molecule has 0 saturated heterocycles. The predicted molar refractivity (Wildman–Crippen MR) is 179 cm³/mol. The van der Waals surface area contributed by atoms with Crippen LogP contribution in [0.3, 0.4) is 0 Å². The van der Waals surface area contributed by atoms with Crippen LogP contribution in [0.5, 0.6) is 0 Å². The monoisotopic (exact) mass is 609 g/mol. The number of hydrogen-bond acceptors (Lipinski definition) is 5. The highest BCUT2D eigenvalue weighted by Crippen LogP contribution is 2.16. The van der Waals surface area contributed by atoms with Gasteiger partial charge in [0.15, 0.2) is 0 Å². The summed E-state index contributed by atoms with van der Waals surface area (Å²) in [5.74, 6) is -1.34. The van der Waals surface area contributed by atoms with E-state index in [1.807, 2.05) is 0 Å². The number of nitrogens with one attached hydrogen (secondary N) is 1. The van der Waals surface area contributed by atoms with Crippen molar-refractivity contribution in [2.75, 3.05) is 6.54 Å². The Hall–Kier alpha value is -1.89. The minimum atomic E-state index is -1.02. The van der Waals surface area contributed by atoms with Gasteiger partial charge in [0.05, 0.1) is 0 Å². The summed E-state index contributed by atoms with van der Waals surface area (Å²) in [5.41, 5.74) is 5.44. The van der Waals surface area contributed by atoms with Gasteiger partial charge in [0.1, 0.15) is 12.1 Å². The number of carbonyl (C=O) groups excluding carboxylic acids is 2. The molecule has 0 aromatic carbocycles. The van der Waals surface area contributed by atoms with Crippen molar-refractivity contribution >= 4 is 17.8 Å². The Balaban J connectivity index is 3.75. The van der Waals surface area contributed by atoms with Crippen LogP contribution in [0, 0.1) is 0 Å². The summed E-state index contributed by atoms with van der Waals surface area (Å²) in [5, 5.41) is 11.8.